The van der Waals surface area contributed by atoms with Crippen LogP contribution in [0.1, 0.15) is 86.2 Å². The predicted octanol–water partition coefficient (Wildman–Crippen LogP) is 2.00. The van der Waals surface area contributed by atoms with Gasteiger partial charge in [0.05, 0.1) is 0 Å². The molecule has 0 radical (unpaired) electrons. The minimum atomic E-state index is -1.56. The topological polar surface area (TPSA) is 344 Å². The first-order valence-corrected chi connectivity index (χ1v) is 20.7. The van der Waals surface area contributed by atoms with Crippen molar-refractivity contribution in [2.75, 3.05) is 6.54 Å². The molecule has 3 aromatic carbocycles. The molecule has 3 aromatic rings. The second-order valence-corrected chi connectivity index (χ2v) is 15.3. The number of hydrogen-bond donors (Lipinski definition) is 11. The lowest BCUT2D eigenvalue weighted by Crippen LogP contribution is -2.51. The molecule has 3 rings (SSSR count). The molecule has 5 atom stereocenters. The van der Waals surface area contributed by atoms with Gasteiger partial charge in [-0.25, -0.2) is 14.4 Å². The molecule has 0 bridgehead atoms. The fourth-order valence-corrected chi connectivity index (χ4v) is 6.41. The van der Waals surface area contributed by atoms with E-state index in [1.165, 1.54) is 19.1 Å². The Bertz CT molecular complexity index is 2200. The monoisotopic (exact) mass is 906 g/mol. The largest absolute Gasteiger partial charge is 0.481 e. The van der Waals surface area contributed by atoms with Crippen LogP contribution >= 0.6 is 0 Å². The van der Waals surface area contributed by atoms with Crippen molar-refractivity contribution < 1.29 is 73.5 Å². The number of aliphatic carboxylic acids is 5. The average Bonchev–Trinajstić information content (AvgIpc) is 3.26. The fourth-order valence-electron chi connectivity index (χ4n) is 6.41. The molecule has 0 aliphatic rings. The highest BCUT2D eigenvalue weighted by molar-refractivity contribution is 5.98. The van der Waals surface area contributed by atoms with Gasteiger partial charge in [0.25, 0.3) is 5.91 Å². The zero-order valence-electron chi connectivity index (χ0n) is 35.5. The van der Waals surface area contributed by atoms with Crippen LogP contribution in [0.3, 0.4) is 0 Å². The van der Waals surface area contributed by atoms with Crippen LogP contribution in [0.5, 0.6) is 0 Å². The molecule has 6 amide bonds. The van der Waals surface area contributed by atoms with Gasteiger partial charge in [-0.05, 0) is 72.6 Å². The van der Waals surface area contributed by atoms with Crippen LogP contribution in [0, 0.1) is 5.92 Å². The summed E-state index contributed by atoms with van der Waals surface area (Å²) in [4.78, 5) is 121. The Labute approximate surface area is 372 Å². The van der Waals surface area contributed by atoms with Gasteiger partial charge in [-0.15, -0.1) is 0 Å². The molecule has 0 fully saturated rings. The highest BCUT2D eigenvalue weighted by atomic mass is 16.4. The van der Waals surface area contributed by atoms with Gasteiger partial charge in [0.1, 0.15) is 24.2 Å². The molecule has 0 saturated heterocycles. The number of carbonyl (C=O) groups is 10. The molecule has 350 valence electrons. The zero-order valence-corrected chi connectivity index (χ0v) is 35.5. The van der Waals surface area contributed by atoms with E-state index in [1.54, 1.807) is 12.1 Å². The van der Waals surface area contributed by atoms with E-state index in [-0.39, 0.29) is 63.6 Å². The Kier molecular flexibility index (Phi) is 20.8. The lowest BCUT2D eigenvalue weighted by atomic mass is 10.0. The molecule has 0 saturated carbocycles. The van der Waals surface area contributed by atoms with Crippen LogP contribution in [0.2, 0.25) is 0 Å². The number of benzene rings is 3. The highest BCUT2D eigenvalue weighted by Gasteiger charge is 2.27. The molecule has 11 N–H and O–H groups in total. The number of carboxylic acids is 5. The number of carbonyl (C=O) groups excluding carboxylic acids is 5. The maximum atomic E-state index is 13.6. The van der Waals surface area contributed by atoms with Crippen molar-refractivity contribution in [3.05, 3.63) is 83.4 Å². The molecule has 21 nitrogen and oxygen atoms in total. The van der Waals surface area contributed by atoms with Crippen molar-refractivity contribution in [3.63, 3.8) is 0 Å². The Balaban J connectivity index is 1.63. The van der Waals surface area contributed by atoms with Crippen LogP contribution in [0.15, 0.2) is 66.7 Å². The van der Waals surface area contributed by atoms with E-state index < -0.39 is 109 Å². The van der Waals surface area contributed by atoms with Crippen molar-refractivity contribution in [1.29, 1.82) is 0 Å². The first-order valence-electron chi connectivity index (χ1n) is 20.7. The van der Waals surface area contributed by atoms with Crippen molar-refractivity contribution >= 4 is 70.3 Å². The van der Waals surface area contributed by atoms with Crippen LogP contribution < -0.4 is 31.9 Å². The maximum Gasteiger partial charge on any atom is 0.326 e. The predicted molar refractivity (Wildman–Crippen MR) is 230 cm³/mol. The average molecular weight is 907 g/mol. The van der Waals surface area contributed by atoms with Crippen LogP contribution in [0.25, 0.3) is 10.8 Å². The molecular weight excluding hydrogens is 853 g/mol. The second kappa shape index (κ2) is 26.1. The van der Waals surface area contributed by atoms with Gasteiger partial charge >= 0.3 is 35.9 Å². The SMILES string of the molecule is CC(CCC(=O)O)C(=O)NC(CCC(=O)O)C(=O)NCc1ccc(C(=O)NC(Cc2ccc3ccccc3c2)C(=O)NCCCCC(NC(=O)N[C@@H](CCC(=O)O)C(=O)O)C(=O)O)cc1. The summed E-state index contributed by atoms with van der Waals surface area (Å²) >= 11 is 0. The third-order valence-electron chi connectivity index (χ3n) is 10.1. The minimum absolute atomic E-state index is 0.0187. The molecule has 4 unspecified atom stereocenters. The number of rotatable bonds is 28. The Morgan fingerprint density at radius 2 is 1.05 bits per heavy atom. The first-order chi connectivity index (χ1) is 30.8. The lowest BCUT2D eigenvalue weighted by Gasteiger charge is -2.20. The number of carboxylic acid groups (broad SMARTS) is 5. The normalized spacial score (nSPS) is 13.1. The number of hydrogen-bond acceptors (Lipinski definition) is 10. The van der Waals surface area contributed by atoms with E-state index >= 15 is 0 Å². The summed E-state index contributed by atoms with van der Waals surface area (Å²) in [6.07, 6.45) is -1.40. The van der Waals surface area contributed by atoms with Gasteiger partial charge in [0.15, 0.2) is 0 Å². The van der Waals surface area contributed by atoms with E-state index in [4.69, 9.17) is 15.3 Å². The van der Waals surface area contributed by atoms with Gasteiger partial charge < -0.3 is 57.4 Å². The van der Waals surface area contributed by atoms with Crippen molar-refractivity contribution in [2.24, 2.45) is 5.92 Å². The number of fused-ring (bicyclic) bond motifs is 1. The van der Waals surface area contributed by atoms with Crippen molar-refractivity contribution in [1.82, 2.24) is 31.9 Å². The summed E-state index contributed by atoms with van der Waals surface area (Å²) in [7, 11) is 0. The Hall–Kier alpha value is -7.58. The Morgan fingerprint density at radius 3 is 1.65 bits per heavy atom. The van der Waals surface area contributed by atoms with E-state index in [0.717, 1.165) is 16.3 Å². The number of urea groups is 1. The van der Waals surface area contributed by atoms with E-state index in [1.807, 2.05) is 42.5 Å². The van der Waals surface area contributed by atoms with Crippen LogP contribution in [-0.2, 0) is 51.3 Å². The van der Waals surface area contributed by atoms with Crippen molar-refractivity contribution in [2.45, 2.75) is 102 Å². The standard InChI is InChI=1S/C44H54N6O15/c1-25(9-18-35(51)52)38(57)47-31(16-19-36(53)54)40(59)46-24-26-10-14-29(15-11-26)39(58)48-34(23-27-12-13-28-6-2-3-7-30(28)22-27)41(60)45-21-5-4-8-32(42(61)62)49-44(65)50-33(43(63)64)17-20-37(55)56/h2-3,6-7,10-15,22,25,31-34H,4-5,8-9,16-21,23-24H2,1H3,(H,45,60)(H,46,59)(H,47,57)(H,48,58)(H,51,52)(H,53,54)(H,55,56)(H,61,62)(H,63,64)(H2,49,50,65)/t25?,31?,32?,33-,34?/m0/s1. The molecule has 0 aliphatic carbocycles. The summed E-state index contributed by atoms with van der Waals surface area (Å²) in [5.74, 6) is -9.61. The number of amides is 6. The lowest BCUT2D eigenvalue weighted by molar-refractivity contribution is -0.141. The van der Waals surface area contributed by atoms with Crippen molar-refractivity contribution in [3.8, 4) is 0 Å². The zero-order chi connectivity index (χ0) is 48.1. The molecule has 0 spiro atoms. The smallest absolute Gasteiger partial charge is 0.326 e. The molecule has 65 heavy (non-hydrogen) atoms. The third-order valence-corrected chi connectivity index (χ3v) is 10.1. The molecule has 0 aromatic heterocycles. The van der Waals surface area contributed by atoms with Gasteiger partial charge in [-0.1, -0.05) is 61.5 Å². The highest BCUT2D eigenvalue weighted by Crippen LogP contribution is 2.18. The molecular formula is C44H54N6O15. The van der Waals surface area contributed by atoms with E-state index in [0.29, 0.717) is 5.56 Å². The Morgan fingerprint density at radius 1 is 0.508 bits per heavy atom. The second-order valence-electron chi connectivity index (χ2n) is 15.3. The summed E-state index contributed by atoms with van der Waals surface area (Å²) in [6, 6.07) is 12.9. The molecule has 21 heteroatoms. The number of unbranched alkanes of at least 4 members (excludes halogenated alkanes) is 1. The van der Waals surface area contributed by atoms with Crippen LogP contribution in [0.4, 0.5) is 4.79 Å². The van der Waals surface area contributed by atoms with Gasteiger partial charge in [0, 0.05) is 50.3 Å². The fraction of sp³-hybridized carbons (Fsp3) is 0.409. The quantitative estimate of drug-likeness (QED) is 0.0464. The van der Waals surface area contributed by atoms with E-state index in [9.17, 15) is 58.2 Å². The minimum Gasteiger partial charge on any atom is -0.481 e. The summed E-state index contributed by atoms with van der Waals surface area (Å²) < 4.78 is 0. The maximum absolute atomic E-state index is 13.6. The van der Waals surface area contributed by atoms with Gasteiger partial charge in [-0.2, -0.15) is 0 Å². The van der Waals surface area contributed by atoms with Gasteiger partial charge in [-0.3, -0.25) is 33.6 Å². The third kappa shape index (κ3) is 18.7. The van der Waals surface area contributed by atoms with E-state index in [2.05, 4.69) is 31.9 Å². The summed E-state index contributed by atoms with van der Waals surface area (Å²) in [5, 5.41) is 62.5. The summed E-state index contributed by atoms with van der Waals surface area (Å²) in [6.45, 7) is 1.50. The van der Waals surface area contributed by atoms with Crippen LogP contribution in [-0.4, -0.2) is 116 Å². The first kappa shape index (κ1) is 51.8. The summed E-state index contributed by atoms with van der Waals surface area (Å²) in [5.41, 5.74) is 1.45. The van der Waals surface area contributed by atoms with Gasteiger partial charge in [0.2, 0.25) is 17.7 Å². The molecule has 0 heterocycles. The number of nitrogens with one attached hydrogen (secondary N) is 6. The molecule has 0 aliphatic heterocycles.